The van der Waals surface area contributed by atoms with E-state index in [4.69, 9.17) is 9.84 Å². The van der Waals surface area contributed by atoms with Crippen LogP contribution in [0.2, 0.25) is 0 Å². The Morgan fingerprint density at radius 1 is 1.35 bits per heavy atom. The predicted molar refractivity (Wildman–Crippen MR) is 78.3 cm³/mol. The van der Waals surface area contributed by atoms with Gasteiger partial charge in [-0.1, -0.05) is 12.8 Å². The topological polar surface area (TPSA) is 58.6 Å². The number of ether oxygens (including phenoxy) is 1. The molecule has 2 rings (SSSR count). The van der Waals surface area contributed by atoms with Crippen molar-refractivity contribution in [2.24, 2.45) is 5.92 Å². The molecule has 0 aromatic heterocycles. The maximum atomic E-state index is 10.7. The minimum Gasteiger partial charge on any atom is -0.492 e. The van der Waals surface area contributed by atoms with E-state index in [9.17, 15) is 4.79 Å². The van der Waals surface area contributed by atoms with Gasteiger partial charge in [0.15, 0.2) is 0 Å². The molecule has 1 unspecified atom stereocenters. The molecule has 0 amide bonds. The number of carboxylic acid groups (broad SMARTS) is 1. The summed E-state index contributed by atoms with van der Waals surface area (Å²) in [5.74, 6) is 0.610. The van der Waals surface area contributed by atoms with E-state index in [0.29, 0.717) is 18.4 Å². The van der Waals surface area contributed by atoms with E-state index in [1.54, 1.807) is 24.3 Å². The lowest BCUT2D eigenvalue weighted by Crippen LogP contribution is -2.35. The number of carboxylic acids is 1. The Balaban J connectivity index is 1.66. The smallest absolute Gasteiger partial charge is 0.335 e. The zero-order valence-corrected chi connectivity index (χ0v) is 12.0. The Bertz CT molecular complexity index is 424. The first-order valence-corrected chi connectivity index (χ1v) is 7.36. The summed E-state index contributed by atoms with van der Waals surface area (Å²) in [4.78, 5) is 10.7. The van der Waals surface area contributed by atoms with E-state index in [2.05, 4.69) is 12.2 Å². The fourth-order valence-corrected chi connectivity index (χ4v) is 2.77. The first kappa shape index (κ1) is 14.9. The van der Waals surface area contributed by atoms with Gasteiger partial charge in [-0.3, -0.25) is 0 Å². The van der Waals surface area contributed by atoms with E-state index in [1.165, 1.54) is 25.7 Å². The van der Waals surface area contributed by atoms with Gasteiger partial charge in [0, 0.05) is 12.6 Å². The predicted octanol–water partition coefficient (Wildman–Crippen LogP) is 2.93. The van der Waals surface area contributed by atoms with Crippen LogP contribution in [-0.4, -0.2) is 30.3 Å². The lowest BCUT2D eigenvalue weighted by atomic mass is 10.00. The Morgan fingerprint density at radius 2 is 2.00 bits per heavy atom. The molecule has 4 nitrogen and oxygen atoms in total. The largest absolute Gasteiger partial charge is 0.492 e. The normalized spacial score (nSPS) is 17.1. The van der Waals surface area contributed by atoms with Gasteiger partial charge in [0.2, 0.25) is 0 Å². The van der Waals surface area contributed by atoms with E-state index in [0.717, 1.165) is 12.5 Å². The lowest BCUT2D eigenvalue weighted by Gasteiger charge is -2.20. The number of carbonyl (C=O) groups is 1. The van der Waals surface area contributed by atoms with Crippen LogP contribution < -0.4 is 10.1 Å². The second-order valence-corrected chi connectivity index (χ2v) is 5.47. The molecule has 2 N–H and O–H groups in total. The van der Waals surface area contributed by atoms with Crippen molar-refractivity contribution in [1.82, 2.24) is 5.32 Å². The quantitative estimate of drug-likeness (QED) is 0.752. The van der Waals surface area contributed by atoms with Gasteiger partial charge in [0.05, 0.1) is 5.56 Å². The van der Waals surface area contributed by atoms with Crippen LogP contribution in [0.4, 0.5) is 0 Å². The average Bonchev–Trinajstić information content (AvgIpc) is 2.98. The molecule has 0 heterocycles. The number of rotatable bonds is 7. The summed E-state index contributed by atoms with van der Waals surface area (Å²) in [5, 5.41) is 12.3. The second kappa shape index (κ2) is 7.29. The molecule has 1 aromatic rings. The first-order valence-electron chi connectivity index (χ1n) is 7.36. The van der Waals surface area contributed by atoms with Gasteiger partial charge in [-0.15, -0.1) is 0 Å². The zero-order chi connectivity index (χ0) is 14.4. The van der Waals surface area contributed by atoms with Crippen molar-refractivity contribution in [3.8, 4) is 5.75 Å². The molecular formula is C16H23NO3. The molecule has 20 heavy (non-hydrogen) atoms. The highest BCUT2D eigenvalue weighted by atomic mass is 16.5. The van der Waals surface area contributed by atoms with E-state index in [1.807, 2.05) is 0 Å². The summed E-state index contributed by atoms with van der Waals surface area (Å²) in [7, 11) is 0. The fourth-order valence-electron chi connectivity index (χ4n) is 2.77. The molecule has 1 fully saturated rings. The maximum Gasteiger partial charge on any atom is 0.335 e. The Hall–Kier alpha value is -1.55. The van der Waals surface area contributed by atoms with Crippen molar-refractivity contribution in [2.75, 3.05) is 13.2 Å². The van der Waals surface area contributed by atoms with Crippen molar-refractivity contribution in [3.63, 3.8) is 0 Å². The van der Waals surface area contributed by atoms with Gasteiger partial charge in [-0.25, -0.2) is 4.79 Å². The van der Waals surface area contributed by atoms with Crippen molar-refractivity contribution in [2.45, 2.75) is 38.6 Å². The minimum absolute atomic E-state index is 0.283. The van der Waals surface area contributed by atoms with Crippen molar-refractivity contribution in [1.29, 1.82) is 0 Å². The van der Waals surface area contributed by atoms with Crippen LogP contribution in [0.5, 0.6) is 5.75 Å². The molecule has 0 saturated heterocycles. The fraction of sp³-hybridized carbons (Fsp3) is 0.562. The van der Waals surface area contributed by atoms with Crippen LogP contribution in [0.3, 0.4) is 0 Å². The van der Waals surface area contributed by atoms with Gasteiger partial charge < -0.3 is 15.2 Å². The van der Waals surface area contributed by atoms with Crippen LogP contribution in [0, 0.1) is 5.92 Å². The van der Waals surface area contributed by atoms with Crippen molar-refractivity contribution < 1.29 is 14.6 Å². The highest BCUT2D eigenvalue weighted by molar-refractivity contribution is 5.87. The van der Waals surface area contributed by atoms with Gasteiger partial charge in [-0.05, 0) is 49.9 Å². The monoisotopic (exact) mass is 277 g/mol. The Kier molecular flexibility index (Phi) is 5.41. The van der Waals surface area contributed by atoms with E-state index >= 15 is 0 Å². The molecule has 0 bridgehead atoms. The highest BCUT2D eigenvalue weighted by Crippen LogP contribution is 2.27. The zero-order valence-electron chi connectivity index (χ0n) is 12.0. The Labute approximate surface area is 120 Å². The van der Waals surface area contributed by atoms with Gasteiger partial charge >= 0.3 is 5.97 Å². The highest BCUT2D eigenvalue weighted by Gasteiger charge is 2.20. The summed E-state index contributed by atoms with van der Waals surface area (Å²) >= 11 is 0. The van der Waals surface area contributed by atoms with Gasteiger partial charge in [0.25, 0.3) is 0 Å². The molecule has 1 aliphatic carbocycles. The molecule has 4 heteroatoms. The average molecular weight is 277 g/mol. The molecule has 110 valence electrons. The first-order chi connectivity index (χ1) is 9.66. The van der Waals surface area contributed by atoms with Crippen LogP contribution in [0.25, 0.3) is 0 Å². The minimum atomic E-state index is -0.913. The van der Waals surface area contributed by atoms with Crippen LogP contribution in [-0.2, 0) is 0 Å². The molecular weight excluding hydrogens is 254 g/mol. The molecule has 0 spiro atoms. The van der Waals surface area contributed by atoms with Gasteiger partial charge in [0.1, 0.15) is 12.4 Å². The molecule has 1 aliphatic rings. The summed E-state index contributed by atoms with van der Waals surface area (Å²) in [6.07, 6.45) is 5.41. The van der Waals surface area contributed by atoms with Gasteiger partial charge in [-0.2, -0.15) is 0 Å². The molecule has 1 saturated carbocycles. The third kappa shape index (κ3) is 4.23. The van der Waals surface area contributed by atoms with Crippen LogP contribution in [0.1, 0.15) is 43.0 Å². The number of hydrogen-bond donors (Lipinski definition) is 2. The maximum absolute atomic E-state index is 10.7. The summed E-state index contributed by atoms with van der Waals surface area (Å²) in [6.45, 7) is 3.67. The standard InChI is InChI=1S/C16H23NO3/c1-12(13-4-2-3-5-13)17-10-11-20-15-8-6-14(7-9-15)16(18)19/h6-9,12-13,17H,2-5,10-11H2,1H3,(H,18,19). The SMILES string of the molecule is CC(NCCOc1ccc(C(=O)O)cc1)C1CCCC1. The van der Waals surface area contributed by atoms with Crippen molar-refractivity contribution >= 4 is 5.97 Å². The van der Waals surface area contributed by atoms with Crippen LogP contribution >= 0.6 is 0 Å². The van der Waals surface area contributed by atoms with E-state index < -0.39 is 5.97 Å². The van der Waals surface area contributed by atoms with E-state index in [-0.39, 0.29) is 5.56 Å². The molecule has 0 aliphatic heterocycles. The van der Waals surface area contributed by atoms with Crippen molar-refractivity contribution in [3.05, 3.63) is 29.8 Å². The number of hydrogen-bond acceptors (Lipinski definition) is 3. The molecule has 1 aromatic carbocycles. The molecule has 0 radical (unpaired) electrons. The third-order valence-corrected chi connectivity index (χ3v) is 4.05. The summed E-state index contributed by atoms with van der Waals surface area (Å²) in [6, 6.07) is 7.07. The lowest BCUT2D eigenvalue weighted by molar-refractivity contribution is 0.0697. The molecule has 1 atom stereocenters. The number of benzene rings is 1. The summed E-state index contributed by atoms with van der Waals surface area (Å²) in [5.41, 5.74) is 0.283. The number of nitrogens with one attached hydrogen (secondary N) is 1. The van der Waals surface area contributed by atoms with Crippen LogP contribution in [0.15, 0.2) is 24.3 Å². The second-order valence-electron chi connectivity index (χ2n) is 5.47. The summed E-state index contributed by atoms with van der Waals surface area (Å²) < 4.78 is 5.60. The Morgan fingerprint density at radius 3 is 2.60 bits per heavy atom. The number of aromatic carboxylic acids is 1. The third-order valence-electron chi connectivity index (χ3n) is 4.05.